The fraction of sp³-hybridized carbons (Fsp3) is 0.300. The summed E-state index contributed by atoms with van der Waals surface area (Å²) in [5.41, 5.74) is 6.25. The van der Waals surface area contributed by atoms with Gasteiger partial charge in [0.25, 0.3) is 0 Å². The number of benzene rings is 1. The molecule has 0 spiro atoms. The molecule has 0 heterocycles. The van der Waals surface area contributed by atoms with Crippen molar-refractivity contribution in [3.63, 3.8) is 0 Å². The Labute approximate surface area is 92.9 Å². The van der Waals surface area contributed by atoms with Gasteiger partial charge in [0.05, 0.1) is 16.3 Å². The first kappa shape index (κ1) is 11.8. The van der Waals surface area contributed by atoms with Crippen molar-refractivity contribution in [3.05, 3.63) is 28.8 Å². The third-order valence-electron chi connectivity index (χ3n) is 1.71. The Morgan fingerprint density at radius 1 is 1.53 bits per heavy atom. The largest absolute Gasteiger partial charge is 0.435 e. The molecule has 0 aliphatic heterocycles. The van der Waals surface area contributed by atoms with Crippen LogP contribution in [-0.4, -0.2) is 19.4 Å². The van der Waals surface area contributed by atoms with Crippen LogP contribution >= 0.6 is 11.6 Å². The predicted molar refractivity (Wildman–Crippen MR) is 57.8 cm³/mol. The van der Waals surface area contributed by atoms with Crippen LogP contribution in [0.4, 0.5) is 5.69 Å². The van der Waals surface area contributed by atoms with E-state index in [0.717, 1.165) is 0 Å². The van der Waals surface area contributed by atoms with E-state index in [9.17, 15) is 4.79 Å². The fourth-order valence-corrected chi connectivity index (χ4v) is 1.05. The van der Waals surface area contributed by atoms with E-state index in [-0.39, 0.29) is 6.79 Å². The number of ether oxygens (including phenoxy) is 2. The highest BCUT2D eigenvalue weighted by atomic mass is 35.5. The molecule has 0 amide bonds. The van der Waals surface area contributed by atoms with Crippen LogP contribution in [0.5, 0.6) is 0 Å². The molecule has 5 heteroatoms. The average Bonchev–Trinajstić information content (AvgIpc) is 2.22. The van der Waals surface area contributed by atoms with Crippen LogP contribution < -0.4 is 5.73 Å². The van der Waals surface area contributed by atoms with E-state index >= 15 is 0 Å². The highest BCUT2D eigenvalue weighted by Crippen LogP contribution is 2.19. The molecule has 0 radical (unpaired) electrons. The summed E-state index contributed by atoms with van der Waals surface area (Å²) in [4.78, 5) is 11.4. The van der Waals surface area contributed by atoms with E-state index in [0.29, 0.717) is 22.9 Å². The summed E-state index contributed by atoms with van der Waals surface area (Å²) in [6, 6.07) is 4.57. The Morgan fingerprint density at radius 2 is 2.27 bits per heavy atom. The third-order valence-corrected chi connectivity index (χ3v) is 2.05. The van der Waals surface area contributed by atoms with Crippen molar-refractivity contribution in [3.8, 4) is 0 Å². The lowest BCUT2D eigenvalue weighted by Gasteiger charge is -2.05. The van der Waals surface area contributed by atoms with Crippen LogP contribution in [0.3, 0.4) is 0 Å². The minimum Gasteiger partial charge on any atom is -0.435 e. The SMILES string of the molecule is CCOCOC(=O)c1ccc(Cl)c(N)c1. The van der Waals surface area contributed by atoms with Crippen LogP contribution in [-0.2, 0) is 9.47 Å². The third kappa shape index (κ3) is 3.42. The standard InChI is InChI=1S/C10H12ClNO3/c1-2-14-6-15-10(13)7-3-4-8(11)9(12)5-7/h3-5H,2,6,12H2,1H3. The Balaban J connectivity index is 2.62. The van der Waals surface area contributed by atoms with Crippen molar-refractivity contribution in [1.29, 1.82) is 0 Å². The van der Waals surface area contributed by atoms with E-state index in [1.165, 1.54) is 6.07 Å². The lowest BCUT2D eigenvalue weighted by Crippen LogP contribution is -2.09. The van der Waals surface area contributed by atoms with Gasteiger partial charge in [0.15, 0.2) is 6.79 Å². The van der Waals surface area contributed by atoms with Crippen molar-refractivity contribution in [2.24, 2.45) is 0 Å². The van der Waals surface area contributed by atoms with Gasteiger partial charge >= 0.3 is 5.97 Å². The Bertz CT molecular complexity index is 355. The molecule has 1 aromatic carbocycles. The maximum Gasteiger partial charge on any atom is 0.340 e. The molecule has 0 aromatic heterocycles. The van der Waals surface area contributed by atoms with E-state index in [4.69, 9.17) is 26.8 Å². The molecule has 82 valence electrons. The second-order valence-corrected chi connectivity index (χ2v) is 3.19. The summed E-state index contributed by atoms with van der Waals surface area (Å²) in [5, 5.41) is 0.413. The Hall–Kier alpha value is -1.26. The van der Waals surface area contributed by atoms with Crippen molar-refractivity contribution in [2.45, 2.75) is 6.92 Å². The van der Waals surface area contributed by atoms with E-state index < -0.39 is 5.97 Å². The van der Waals surface area contributed by atoms with E-state index in [2.05, 4.69) is 0 Å². The fourth-order valence-electron chi connectivity index (χ4n) is 0.933. The quantitative estimate of drug-likeness (QED) is 0.372. The molecular formula is C10H12ClNO3. The molecule has 2 N–H and O–H groups in total. The lowest BCUT2D eigenvalue weighted by molar-refractivity contribution is -0.0274. The number of esters is 1. The molecule has 4 nitrogen and oxygen atoms in total. The zero-order chi connectivity index (χ0) is 11.3. The topological polar surface area (TPSA) is 61.5 Å². The molecule has 0 bridgehead atoms. The Morgan fingerprint density at radius 3 is 2.87 bits per heavy atom. The minimum atomic E-state index is -0.480. The van der Waals surface area contributed by atoms with Crippen molar-refractivity contribution in [1.82, 2.24) is 0 Å². The highest BCUT2D eigenvalue weighted by Gasteiger charge is 2.08. The van der Waals surface area contributed by atoms with Gasteiger partial charge in [-0.25, -0.2) is 4.79 Å². The lowest BCUT2D eigenvalue weighted by atomic mass is 10.2. The molecule has 1 aromatic rings. The number of carbonyl (C=O) groups is 1. The summed E-state index contributed by atoms with van der Waals surface area (Å²) in [6.45, 7) is 2.25. The molecule has 1 rings (SSSR count). The first-order valence-electron chi connectivity index (χ1n) is 4.45. The number of nitrogen functional groups attached to an aromatic ring is 1. The zero-order valence-corrected chi connectivity index (χ0v) is 9.08. The van der Waals surface area contributed by atoms with Crippen molar-refractivity contribution >= 4 is 23.3 Å². The molecule has 0 saturated carbocycles. The monoisotopic (exact) mass is 229 g/mol. The minimum absolute atomic E-state index is 0.0577. The molecule has 0 saturated heterocycles. The van der Waals surface area contributed by atoms with Crippen LogP contribution in [0.2, 0.25) is 5.02 Å². The summed E-state index contributed by atoms with van der Waals surface area (Å²) in [7, 11) is 0. The maximum absolute atomic E-state index is 11.4. The van der Waals surface area contributed by atoms with Crippen molar-refractivity contribution in [2.75, 3.05) is 19.1 Å². The van der Waals surface area contributed by atoms with Crippen LogP contribution in [0, 0.1) is 0 Å². The first-order chi connectivity index (χ1) is 7.15. The molecule has 0 aliphatic carbocycles. The Kier molecular flexibility index (Phi) is 4.39. The number of carbonyl (C=O) groups excluding carboxylic acids is 1. The van der Waals surface area contributed by atoms with Gasteiger partial charge in [0.2, 0.25) is 0 Å². The van der Waals surface area contributed by atoms with E-state index in [1.54, 1.807) is 12.1 Å². The zero-order valence-electron chi connectivity index (χ0n) is 8.33. The smallest absolute Gasteiger partial charge is 0.340 e. The summed E-state index contributed by atoms with van der Waals surface area (Å²) >= 11 is 5.71. The average molecular weight is 230 g/mol. The summed E-state index contributed by atoms with van der Waals surface area (Å²) < 4.78 is 9.68. The van der Waals surface area contributed by atoms with Gasteiger partial charge in [0.1, 0.15) is 0 Å². The van der Waals surface area contributed by atoms with Gasteiger partial charge in [-0.1, -0.05) is 11.6 Å². The predicted octanol–water partition coefficient (Wildman–Crippen LogP) is 2.07. The second-order valence-electron chi connectivity index (χ2n) is 2.78. The van der Waals surface area contributed by atoms with Gasteiger partial charge in [-0.3, -0.25) is 0 Å². The number of hydrogen-bond acceptors (Lipinski definition) is 4. The normalized spacial score (nSPS) is 10.0. The molecule has 0 unspecified atom stereocenters. The number of hydrogen-bond donors (Lipinski definition) is 1. The van der Waals surface area contributed by atoms with Crippen LogP contribution in [0.25, 0.3) is 0 Å². The number of nitrogens with two attached hydrogens (primary N) is 1. The highest BCUT2D eigenvalue weighted by molar-refractivity contribution is 6.33. The first-order valence-corrected chi connectivity index (χ1v) is 4.83. The maximum atomic E-state index is 11.4. The molecule has 0 atom stereocenters. The second kappa shape index (κ2) is 5.58. The van der Waals surface area contributed by atoms with Crippen LogP contribution in [0.15, 0.2) is 18.2 Å². The van der Waals surface area contributed by atoms with Gasteiger partial charge in [-0.05, 0) is 25.1 Å². The number of rotatable bonds is 4. The molecule has 0 aliphatic rings. The molecular weight excluding hydrogens is 218 g/mol. The summed E-state index contributed by atoms with van der Waals surface area (Å²) in [5.74, 6) is -0.480. The number of anilines is 1. The van der Waals surface area contributed by atoms with Gasteiger partial charge in [-0.15, -0.1) is 0 Å². The van der Waals surface area contributed by atoms with Gasteiger partial charge in [0, 0.05) is 6.61 Å². The van der Waals surface area contributed by atoms with E-state index in [1.807, 2.05) is 6.92 Å². The van der Waals surface area contributed by atoms with Crippen LogP contribution in [0.1, 0.15) is 17.3 Å². The molecule has 15 heavy (non-hydrogen) atoms. The van der Waals surface area contributed by atoms with Gasteiger partial charge < -0.3 is 15.2 Å². The van der Waals surface area contributed by atoms with Gasteiger partial charge in [-0.2, -0.15) is 0 Å². The van der Waals surface area contributed by atoms with Crippen molar-refractivity contribution < 1.29 is 14.3 Å². The number of halogens is 1. The summed E-state index contributed by atoms with van der Waals surface area (Å²) in [6.07, 6.45) is 0. The molecule has 0 fully saturated rings.